The molecular weight excluding hydrogens is 240 g/mol. The summed E-state index contributed by atoms with van der Waals surface area (Å²) in [4.78, 5) is 0.278. The fourth-order valence-electron chi connectivity index (χ4n) is 1.95. The van der Waals surface area contributed by atoms with Gasteiger partial charge in [-0.25, -0.2) is 13.1 Å². The maximum atomic E-state index is 12.0. The summed E-state index contributed by atoms with van der Waals surface area (Å²) >= 11 is 0. The van der Waals surface area contributed by atoms with Crippen LogP contribution in [0.25, 0.3) is 0 Å². The molecular formula is C11H16N2O3S. The third kappa shape index (κ3) is 2.25. The Morgan fingerprint density at radius 1 is 1.35 bits per heavy atom. The highest BCUT2D eigenvalue weighted by molar-refractivity contribution is 7.89. The highest BCUT2D eigenvalue weighted by Gasteiger charge is 2.31. The summed E-state index contributed by atoms with van der Waals surface area (Å²) in [6.45, 7) is -0.116. The zero-order chi connectivity index (χ0) is 12.0. The van der Waals surface area contributed by atoms with Crippen LogP contribution < -0.4 is 4.72 Å². The number of aliphatic hydroxyl groups is 1. The fraction of sp³-hybridized carbons (Fsp3) is 0.636. The molecule has 17 heavy (non-hydrogen) atoms. The molecule has 3 rings (SSSR count). The summed E-state index contributed by atoms with van der Waals surface area (Å²) in [5.74, 6) is 0. The number of nitrogens with zero attached hydrogens (tertiary/aromatic N) is 1. The van der Waals surface area contributed by atoms with E-state index in [2.05, 4.69) is 4.72 Å². The maximum absolute atomic E-state index is 12.0. The van der Waals surface area contributed by atoms with Gasteiger partial charge in [-0.15, -0.1) is 0 Å². The average Bonchev–Trinajstić information content (AvgIpc) is 3.19. The van der Waals surface area contributed by atoms with Crippen LogP contribution in [0.5, 0.6) is 0 Å². The molecule has 1 aromatic heterocycles. The molecule has 0 aliphatic heterocycles. The highest BCUT2D eigenvalue weighted by Crippen LogP contribution is 2.37. The molecule has 5 nitrogen and oxygen atoms in total. The van der Waals surface area contributed by atoms with E-state index in [9.17, 15) is 13.5 Å². The molecule has 2 fully saturated rings. The molecule has 94 valence electrons. The second kappa shape index (κ2) is 3.83. The SMILES string of the molecule is O=S(=O)(NC1CC1)c1cc(CO)n(C2CC2)c1. The van der Waals surface area contributed by atoms with Gasteiger partial charge in [0.1, 0.15) is 0 Å². The van der Waals surface area contributed by atoms with Crippen LogP contribution in [-0.2, 0) is 16.6 Å². The number of aliphatic hydroxyl groups excluding tert-OH is 1. The smallest absolute Gasteiger partial charge is 0.242 e. The van der Waals surface area contributed by atoms with Crippen LogP contribution in [0.1, 0.15) is 37.4 Å². The summed E-state index contributed by atoms with van der Waals surface area (Å²) in [6.07, 6.45) is 5.63. The molecule has 2 N–H and O–H groups in total. The maximum Gasteiger partial charge on any atom is 0.242 e. The topological polar surface area (TPSA) is 71.3 Å². The van der Waals surface area contributed by atoms with Crippen molar-refractivity contribution in [3.63, 3.8) is 0 Å². The van der Waals surface area contributed by atoms with Crippen LogP contribution in [0.2, 0.25) is 0 Å². The van der Waals surface area contributed by atoms with Gasteiger partial charge in [-0.3, -0.25) is 0 Å². The van der Waals surface area contributed by atoms with Crippen LogP contribution in [0.15, 0.2) is 17.2 Å². The van der Waals surface area contributed by atoms with Gasteiger partial charge in [-0.1, -0.05) is 0 Å². The first-order valence-electron chi connectivity index (χ1n) is 5.94. The minimum absolute atomic E-state index is 0.113. The molecule has 0 aromatic carbocycles. The molecule has 1 aromatic rings. The van der Waals surface area contributed by atoms with E-state index in [1.807, 2.05) is 4.57 Å². The lowest BCUT2D eigenvalue weighted by atomic mass is 10.4. The van der Waals surface area contributed by atoms with E-state index in [0.29, 0.717) is 11.7 Å². The molecule has 1 heterocycles. The zero-order valence-electron chi connectivity index (χ0n) is 9.46. The zero-order valence-corrected chi connectivity index (χ0v) is 10.3. The third-order valence-electron chi connectivity index (χ3n) is 3.22. The van der Waals surface area contributed by atoms with Gasteiger partial charge >= 0.3 is 0 Å². The number of hydrogen-bond donors (Lipinski definition) is 2. The van der Waals surface area contributed by atoms with Gasteiger partial charge in [-0.2, -0.15) is 0 Å². The second-order valence-electron chi connectivity index (χ2n) is 4.86. The number of rotatable bonds is 5. The molecule has 2 aliphatic rings. The van der Waals surface area contributed by atoms with E-state index in [1.54, 1.807) is 12.3 Å². The quantitative estimate of drug-likeness (QED) is 0.817. The molecule has 0 saturated heterocycles. The largest absolute Gasteiger partial charge is 0.390 e. The van der Waals surface area contributed by atoms with Crippen molar-refractivity contribution < 1.29 is 13.5 Å². The number of nitrogens with one attached hydrogen (secondary N) is 1. The first kappa shape index (κ1) is 11.3. The first-order valence-corrected chi connectivity index (χ1v) is 7.42. The van der Waals surface area contributed by atoms with E-state index < -0.39 is 10.0 Å². The van der Waals surface area contributed by atoms with E-state index in [-0.39, 0.29) is 17.5 Å². The van der Waals surface area contributed by atoms with Crippen LogP contribution in [0.3, 0.4) is 0 Å². The van der Waals surface area contributed by atoms with Crippen molar-refractivity contribution in [3.05, 3.63) is 18.0 Å². The van der Waals surface area contributed by atoms with E-state index in [4.69, 9.17) is 0 Å². The van der Waals surface area contributed by atoms with Crippen molar-refractivity contribution in [1.82, 2.24) is 9.29 Å². The van der Waals surface area contributed by atoms with Gasteiger partial charge in [0.15, 0.2) is 0 Å². The standard InChI is InChI=1S/C11H16N2O3S/c14-7-10-5-11(6-13(10)9-3-4-9)17(15,16)12-8-1-2-8/h5-6,8-9,12,14H,1-4,7H2. The van der Waals surface area contributed by atoms with Crippen LogP contribution >= 0.6 is 0 Å². The summed E-state index contributed by atoms with van der Waals surface area (Å²) in [7, 11) is -3.40. The minimum Gasteiger partial charge on any atom is -0.390 e. The van der Waals surface area contributed by atoms with Crippen molar-refractivity contribution in [2.75, 3.05) is 0 Å². The number of aromatic nitrogens is 1. The lowest BCUT2D eigenvalue weighted by molar-refractivity contribution is 0.270. The Labute approximate surface area is 100 Å². The highest BCUT2D eigenvalue weighted by atomic mass is 32.2. The average molecular weight is 256 g/mol. The Morgan fingerprint density at radius 2 is 2.06 bits per heavy atom. The number of sulfonamides is 1. The lowest BCUT2D eigenvalue weighted by Crippen LogP contribution is -2.25. The first-order chi connectivity index (χ1) is 8.10. The Bertz CT molecular complexity index is 527. The molecule has 0 amide bonds. The van der Waals surface area contributed by atoms with Gasteiger partial charge < -0.3 is 9.67 Å². The van der Waals surface area contributed by atoms with Gasteiger partial charge in [0, 0.05) is 24.0 Å². The number of hydrogen-bond acceptors (Lipinski definition) is 3. The van der Waals surface area contributed by atoms with Crippen LogP contribution in [0.4, 0.5) is 0 Å². The molecule has 0 radical (unpaired) electrons. The van der Waals surface area contributed by atoms with Crippen molar-refractivity contribution in [1.29, 1.82) is 0 Å². The van der Waals surface area contributed by atoms with E-state index >= 15 is 0 Å². The molecule has 0 atom stereocenters. The molecule has 0 unspecified atom stereocenters. The Hall–Kier alpha value is -0.850. The summed E-state index contributed by atoms with van der Waals surface area (Å²) in [5.41, 5.74) is 0.684. The van der Waals surface area contributed by atoms with Gasteiger partial charge in [0.25, 0.3) is 0 Å². The van der Waals surface area contributed by atoms with Gasteiger partial charge in [0.2, 0.25) is 10.0 Å². The normalized spacial score (nSPS) is 20.8. The fourth-order valence-corrected chi connectivity index (χ4v) is 3.31. The van der Waals surface area contributed by atoms with Crippen molar-refractivity contribution in [2.24, 2.45) is 0 Å². The summed E-state index contributed by atoms with van der Waals surface area (Å²) in [6, 6.07) is 2.06. The third-order valence-corrected chi connectivity index (χ3v) is 4.71. The Balaban J connectivity index is 1.91. The summed E-state index contributed by atoms with van der Waals surface area (Å²) in [5, 5.41) is 9.23. The van der Waals surface area contributed by atoms with Crippen LogP contribution in [-0.4, -0.2) is 24.1 Å². The van der Waals surface area contributed by atoms with Gasteiger partial charge in [0.05, 0.1) is 11.5 Å². The van der Waals surface area contributed by atoms with Crippen LogP contribution in [0, 0.1) is 0 Å². The monoisotopic (exact) mass is 256 g/mol. The molecule has 0 bridgehead atoms. The van der Waals surface area contributed by atoms with Crippen molar-refractivity contribution in [3.8, 4) is 0 Å². The lowest BCUT2D eigenvalue weighted by Gasteiger charge is -2.03. The van der Waals surface area contributed by atoms with E-state index in [1.165, 1.54) is 0 Å². The minimum atomic E-state index is -3.40. The van der Waals surface area contributed by atoms with Gasteiger partial charge in [-0.05, 0) is 31.7 Å². The van der Waals surface area contributed by atoms with Crippen molar-refractivity contribution in [2.45, 2.75) is 49.3 Å². The molecule has 6 heteroatoms. The predicted octanol–water partition coefficient (Wildman–Crippen LogP) is 0.756. The Morgan fingerprint density at radius 3 is 2.59 bits per heavy atom. The molecule has 2 saturated carbocycles. The molecule has 2 aliphatic carbocycles. The second-order valence-corrected chi connectivity index (χ2v) is 6.57. The summed E-state index contributed by atoms with van der Waals surface area (Å²) < 4.78 is 28.5. The van der Waals surface area contributed by atoms with E-state index in [0.717, 1.165) is 25.7 Å². The van der Waals surface area contributed by atoms with Crippen molar-refractivity contribution >= 4 is 10.0 Å². The predicted molar refractivity (Wildman–Crippen MR) is 62.0 cm³/mol. The molecule has 0 spiro atoms. The Kier molecular flexibility index (Phi) is 2.53.